The zero-order chi connectivity index (χ0) is 15.1. The molecule has 1 aromatic rings. The van der Waals surface area contributed by atoms with Gasteiger partial charge in [0.05, 0.1) is 6.54 Å². The van der Waals surface area contributed by atoms with Gasteiger partial charge in [-0.1, -0.05) is 28.1 Å². The van der Waals surface area contributed by atoms with Crippen LogP contribution in [0.5, 0.6) is 0 Å². The fourth-order valence-electron chi connectivity index (χ4n) is 2.28. The molecule has 0 saturated carbocycles. The quantitative estimate of drug-likeness (QED) is 0.827. The SMILES string of the molecule is CCN(CC)C(=O)CN(C)C(CN)c1cccc(Br)c1. The molecule has 0 radical (unpaired) electrons. The molecule has 0 saturated heterocycles. The molecule has 4 nitrogen and oxygen atoms in total. The number of nitrogens with zero attached hydrogens (tertiary/aromatic N) is 2. The minimum absolute atomic E-state index is 0.0482. The normalized spacial score (nSPS) is 12.5. The van der Waals surface area contributed by atoms with Crippen molar-refractivity contribution in [3.8, 4) is 0 Å². The van der Waals surface area contributed by atoms with Crippen LogP contribution < -0.4 is 5.73 Å². The van der Waals surface area contributed by atoms with Gasteiger partial charge in [-0.2, -0.15) is 0 Å². The maximum absolute atomic E-state index is 12.2. The van der Waals surface area contributed by atoms with Crippen LogP contribution in [0.1, 0.15) is 25.5 Å². The molecule has 0 spiro atoms. The molecule has 0 bridgehead atoms. The molecule has 1 rings (SSSR count). The number of amides is 1. The number of nitrogens with two attached hydrogens (primary N) is 1. The zero-order valence-corrected chi connectivity index (χ0v) is 14.1. The van der Waals surface area contributed by atoms with Crippen molar-refractivity contribution in [2.45, 2.75) is 19.9 Å². The van der Waals surface area contributed by atoms with Crippen molar-refractivity contribution in [2.75, 3.05) is 33.2 Å². The third kappa shape index (κ3) is 4.58. The molecule has 0 aliphatic heterocycles. The van der Waals surface area contributed by atoms with Crippen LogP contribution in [0.15, 0.2) is 28.7 Å². The number of carbonyl (C=O) groups is 1. The van der Waals surface area contributed by atoms with Crippen LogP contribution in [-0.4, -0.2) is 48.9 Å². The number of halogens is 1. The van der Waals surface area contributed by atoms with Crippen LogP contribution in [0.3, 0.4) is 0 Å². The third-order valence-electron chi connectivity index (χ3n) is 3.49. The van der Waals surface area contributed by atoms with Gasteiger partial charge in [-0.15, -0.1) is 0 Å². The molecule has 1 aromatic carbocycles. The highest BCUT2D eigenvalue weighted by Crippen LogP contribution is 2.21. The van der Waals surface area contributed by atoms with Gasteiger partial charge >= 0.3 is 0 Å². The Morgan fingerprint density at radius 2 is 2.00 bits per heavy atom. The molecule has 5 heteroatoms. The highest BCUT2D eigenvalue weighted by atomic mass is 79.9. The second-order valence-electron chi connectivity index (χ2n) is 4.79. The first kappa shape index (κ1) is 17.1. The van der Waals surface area contributed by atoms with Crippen molar-refractivity contribution in [2.24, 2.45) is 5.73 Å². The first-order valence-electron chi connectivity index (χ1n) is 6.97. The van der Waals surface area contributed by atoms with Gasteiger partial charge < -0.3 is 10.6 Å². The van der Waals surface area contributed by atoms with Crippen molar-refractivity contribution in [3.63, 3.8) is 0 Å². The zero-order valence-electron chi connectivity index (χ0n) is 12.5. The smallest absolute Gasteiger partial charge is 0.236 e. The van der Waals surface area contributed by atoms with Gasteiger partial charge in [0.1, 0.15) is 0 Å². The van der Waals surface area contributed by atoms with E-state index in [9.17, 15) is 4.79 Å². The second kappa shape index (κ2) is 8.39. The molecular weight excluding hydrogens is 318 g/mol. The van der Waals surface area contributed by atoms with Crippen molar-refractivity contribution in [1.29, 1.82) is 0 Å². The fourth-order valence-corrected chi connectivity index (χ4v) is 2.70. The van der Waals surface area contributed by atoms with E-state index in [-0.39, 0.29) is 11.9 Å². The highest BCUT2D eigenvalue weighted by Gasteiger charge is 2.20. The highest BCUT2D eigenvalue weighted by molar-refractivity contribution is 9.10. The first-order valence-corrected chi connectivity index (χ1v) is 7.76. The number of carbonyl (C=O) groups excluding carboxylic acids is 1. The van der Waals surface area contributed by atoms with Crippen LogP contribution in [0.4, 0.5) is 0 Å². The lowest BCUT2D eigenvalue weighted by Gasteiger charge is -2.29. The molecule has 20 heavy (non-hydrogen) atoms. The van der Waals surface area contributed by atoms with E-state index < -0.39 is 0 Å². The van der Waals surface area contributed by atoms with E-state index in [1.807, 2.05) is 48.9 Å². The van der Waals surface area contributed by atoms with Gasteiger partial charge in [0.25, 0.3) is 0 Å². The monoisotopic (exact) mass is 341 g/mol. The fraction of sp³-hybridized carbons (Fsp3) is 0.533. The molecule has 0 aromatic heterocycles. The second-order valence-corrected chi connectivity index (χ2v) is 5.70. The number of likely N-dealkylation sites (N-methyl/N-ethyl adjacent to an activating group) is 2. The van der Waals surface area contributed by atoms with Gasteiger partial charge in [-0.05, 0) is 38.6 Å². The van der Waals surface area contributed by atoms with Crippen molar-refractivity contribution >= 4 is 21.8 Å². The van der Waals surface area contributed by atoms with E-state index >= 15 is 0 Å². The molecule has 0 aliphatic rings. The minimum Gasteiger partial charge on any atom is -0.342 e. The van der Waals surface area contributed by atoms with E-state index in [4.69, 9.17) is 5.73 Å². The van der Waals surface area contributed by atoms with Gasteiger partial charge in [-0.3, -0.25) is 9.69 Å². The summed E-state index contributed by atoms with van der Waals surface area (Å²) in [5.41, 5.74) is 7.01. The Bertz CT molecular complexity index is 435. The van der Waals surface area contributed by atoms with E-state index in [2.05, 4.69) is 22.0 Å². The summed E-state index contributed by atoms with van der Waals surface area (Å²) in [6.07, 6.45) is 0. The number of hydrogen-bond acceptors (Lipinski definition) is 3. The molecule has 112 valence electrons. The molecule has 1 amide bonds. The lowest BCUT2D eigenvalue weighted by molar-refractivity contribution is -0.132. The van der Waals surface area contributed by atoms with Crippen molar-refractivity contribution in [3.05, 3.63) is 34.3 Å². The maximum Gasteiger partial charge on any atom is 0.236 e. The lowest BCUT2D eigenvalue weighted by Crippen LogP contribution is -2.41. The maximum atomic E-state index is 12.2. The van der Waals surface area contributed by atoms with E-state index in [1.165, 1.54) is 0 Å². The Morgan fingerprint density at radius 1 is 1.35 bits per heavy atom. The topological polar surface area (TPSA) is 49.6 Å². The molecule has 1 unspecified atom stereocenters. The Labute approximate surface area is 130 Å². The summed E-state index contributed by atoms with van der Waals surface area (Å²) in [4.78, 5) is 16.0. The van der Waals surface area contributed by atoms with Gasteiger partial charge in [0, 0.05) is 30.1 Å². The van der Waals surface area contributed by atoms with E-state index in [0.717, 1.165) is 23.1 Å². The standard InChI is InChI=1S/C15H24BrN3O/c1-4-19(5-2)15(20)11-18(3)14(10-17)12-7-6-8-13(16)9-12/h6-9,14H,4-5,10-11,17H2,1-3H3. The molecule has 0 aliphatic carbocycles. The Hall–Kier alpha value is -0.910. The average molecular weight is 342 g/mol. The van der Waals surface area contributed by atoms with Gasteiger partial charge in [-0.25, -0.2) is 0 Å². The van der Waals surface area contributed by atoms with Gasteiger partial charge in [0.2, 0.25) is 5.91 Å². The van der Waals surface area contributed by atoms with E-state index in [1.54, 1.807) is 0 Å². The number of hydrogen-bond donors (Lipinski definition) is 1. The Morgan fingerprint density at radius 3 is 2.50 bits per heavy atom. The third-order valence-corrected chi connectivity index (χ3v) is 3.98. The predicted octanol–water partition coefficient (Wildman–Crippen LogP) is 2.25. The molecule has 0 heterocycles. The molecule has 2 N–H and O–H groups in total. The summed E-state index contributed by atoms with van der Waals surface area (Å²) in [7, 11) is 1.94. The summed E-state index contributed by atoms with van der Waals surface area (Å²) < 4.78 is 1.02. The predicted molar refractivity (Wildman–Crippen MR) is 86.5 cm³/mol. The van der Waals surface area contributed by atoms with E-state index in [0.29, 0.717) is 13.1 Å². The number of rotatable bonds is 7. The summed E-state index contributed by atoms with van der Waals surface area (Å²) in [5.74, 6) is 0.144. The summed E-state index contributed by atoms with van der Waals surface area (Å²) in [6.45, 7) is 6.35. The number of benzene rings is 1. The molecular formula is C15H24BrN3O. The van der Waals surface area contributed by atoms with Crippen LogP contribution in [0.25, 0.3) is 0 Å². The lowest BCUT2D eigenvalue weighted by atomic mass is 10.1. The summed E-state index contributed by atoms with van der Waals surface area (Å²) in [6, 6.07) is 8.11. The first-order chi connectivity index (χ1) is 9.53. The summed E-state index contributed by atoms with van der Waals surface area (Å²) in [5, 5.41) is 0. The Balaban J connectivity index is 2.77. The molecule has 1 atom stereocenters. The summed E-state index contributed by atoms with van der Waals surface area (Å²) >= 11 is 3.47. The van der Waals surface area contributed by atoms with Crippen LogP contribution in [-0.2, 0) is 4.79 Å². The van der Waals surface area contributed by atoms with Crippen molar-refractivity contribution < 1.29 is 4.79 Å². The minimum atomic E-state index is 0.0482. The van der Waals surface area contributed by atoms with Crippen LogP contribution >= 0.6 is 15.9 Å². The largest absolute Gasteiger partial charge is 0.342 e. The van der Waals surface area contributed by atoms with Crippen molar-refractivity contribution in [1.82, 2.24) is 9.80 Å². The van der Waals surface area contributed by atoms with Crippen LogP contribution in [0, 0.1) is 0 Å². The molecule has 0 fully saturated rings. The Kier molecular flexibility index (Phi) is 7.19. The van der Waals surface area contributed by atoms with Gasteiger partial charge in [0.15, 0.2) is 0 Å². The van der Waals surface area contributed by atoms with Crippen LogP contribution in [0.2, 0.25) is 0 Å². The average Bonchev–Trinajstić information content (AvgIpc) is 2.41.